The lowest BCUT2D eigenvalue weighted by Gasteiger charge is -2.14. The zero-order chi connectivity index (χ0) is 11.9. The zero-order valence-electron chi connectivity index (χ0n) is 11.1. The number of hydrogen-bond donors (Lipinski definition) is 0. The van der Waals surface area contributed by atoms with Gasteiger partial charge in [0, 0.05) is 0 Å². The second-order valence-corrected chi connectivity index (χ2v) is 6.41. The third kappa shape index (κ3) is 13.3. The van der Waals surface area contributed by atoms with E-state index in [0.29, 0.717) is 10.8 Å². The molecule has 0 heterocycles. The molecule has 0 aliphatic carbocycles. The standard InChI is InChI=1S/C14H26O/c1-13(2,3)9-7-11-15-12-8-10-14(4,5)6/h7-8,11-12H,9-10H2,1-6H3. The molecule has 0 fully saturated rings. The van der Waals surface area contributed by atoms with Crippen molar-refractivity contribution in [2.45, 2.75) is 54.4 Å². The molecule has 0 amide bonds. The highest BCUT2D eigenvalue weighted by Gasteiger charge is 2.07. The summed E-state index contributed by atoms with van der Waals surface area (Å²) in [7, 11) is 0. The predicted octanol–water partition coefficient (Wildman–Crippen LogP) is 4.90. The van der Waals surface area contributed by atoms with Crippen LogP contribution in [0.3, 0.4) is 0 Å². The zero-order valence-corrected chi connectivity index (χ0v) is 11.1. The van der Waals surface area contributed by atoms with Crippen molar-refractivity contribution in [2.24, 2.45) is 10.8 Å². The first kappa shape index (κ1) is 14.3. The van der Waals surface area contributed by atoms with E-state index in [2.05, 4.69) is 53.7 Å². The first-order chi connectivity index (χ1) is 6.71. The predicted molar refractivity (Wildman–Crippen MR) is 67.5 cm³/mol. The van der Waals surface area contributed by atoms with Crippen LogP contribution >= 0.6 is 0 Å². The molecule has 0 atom stereocenters. The number of allylic oxidation sites excluding steroid dienone is 2. The average molecular weight is 210 g/mol. The van der Waals surface area contributed by atoms with E-state index in [1.165, 1.54) is 0 Å². The minimum absolute atomic E-state index is 0.342. The maximum absolute atomic E-state index is 5.26. The van der Waals surface area contributed by atoms with Crippen LogP contribution in [0.2, 0.25) is 0 Å². The van der Waals surface area contributed by atoms with Crippen molar-refractivity contribution in [1.82, 2.24) is 0 Å². The van der Waals surface area contributed by atoms with Gasteiger partial charge < -0.3 is 4.74 Å². The van der Waals surface area contributed by atoms with Gasteiger partial charge in [-0.1, -0.05) is 41.5 Å². The Kier molecular flexibility index (Phi) is 5.71. The van der Waals surface area contributed by atoms with E-state index in [9.17, 15) is 0 Å². The van der Waals surface area contributed by atoms with Gasteiger partial charge in [-0.2, -0.15) is 0 Å². The second-order valence-electron chi connectivity index (χ2n) is 6.41. The topological polar surface area (TPSA) is 9.23 Å². The first-order valence-electron chi connectivity index (χ1n) is 5.66. The summed E-state index contributed by atoms with van der Waals surface area (Å²) in [6.45, 7) is 13.3. The van der Waals surface area contributed by atoms with E-state index >= 15 is 0 Å². The quantitative estimate of drug-likeness (QED) is 0.599. The third-order valence-electron chi connectivity index (χ3n) is 1.81. The molecule has 0 N–H and O–H groups in total. The van der Waals surface area contributed by atoms with E-state index in [4.69, 9.17) is 4.74 Å². The molecule has 0 aromatic carbocycles. The fourth-order valence-corrected chi connectivity index (χ4v) is 0.960. The molecule has 88 valence electrons. The molecule has 0 aromatic heterocycles. The van der Waals surface area contributed by atoms with Crippen LogP contribution in [0.1, 0.15) is 54.4 Å². The van der Waals surface area contributed by atoms with Gasteiger partial charge in [0.2, 0.25) is 0 Å². The molecule has 0 bridgehead atoms. The van der Waals surface area contributed by atoms with Crippen molar-refractivity contribution in [3.8, 4) is 0 Å². The normalized spacial score (nSPS) is 14.0. The summed E-state index contributed by atoms with van der Waals surface area (Å²) < 4.78 is 5.26. The van der Waals surface area contributed by atoms with Gasteiger partial charge in [0.15, 0.2) is 0 Å². The Labute approximate surface area is 95.2 Å². The summed E-state index contributed by atoms with van der Waals surface area (Å²) in [5.74, 6) is 0. The Morgan fingerprint density at radius 3 is 1.33 bits per heavy atom. The van der Waals surface area contributed by atoms with Crippen LogP contribution in [0, 0.1) is 10.8 Å². The molecule has 1 heteroatoms. The highest BCUT2D eigenvalue weighted by Crippen LogP contribution is 2.19. The van der Waals surface area contributed by atoms with Crippen molar-refractivity contribution in [3.05, 3.63) is 24.7 Å². The van der Waals surface area contributed by atoms with E-state index in [-0.39, 0.29) is 0 Å². The number of hydrogen-bond acceptors (Lipinski definition) is 1. The van der Waals surface area contributed by atoms with Gasteiger partial charge in [0.25, 0.3) is 0 Å². The van der Waals surface area contributed by atoms with Crippen LogP contribution in [0.4, 0.5) is 0 Å². The van der Waals surface area contributed by atoms with Gasteiger partial charge in [0.05, 0.1) is 12.5 Å². The molecular weight excluding hydrogens is 184 g/mol. The Bertz CT molecular complexity index is 186. The lowest BCUT2D eigenvalue weighted by atomic mass is 9.92. The van der Waals surface area contributed by atoms with Crippen molar-refractivity contribution >= 4 is 0 Å². The minimum Gasteiger partial charge on any atom is -0.473 e. The molecule has 15 heavy (non-hydrogen) atoms. The van der Waals surface area contributed by atoms with Crippen LogP contribution in [0.5, 0.6) is 0 Å². The summed E-state index contributed by atoms with van der Waals surface area (Å²) >= 11 is 0. The van der Waals surface area contributed by atoms with Crippen molar-refractivity contribution in [2.75, 3.05) is 0 Å². The molecule has 0 unspecified atom stereocenters. The van der Waals surface area contributed by atoms with Crippen LogP contribution in [-0.2, 0) is 4.74 Å². The molecule has 0 aromatic rings. The maximum Gasteiger partial charge on any atom is 0.0861 e. The molecule has 1 nitrogen and oxygen atoms in total. The highest BCUT2D eigenvalue weighted by atomic mass is 16.5. The molecule has 0 rings (SSSR count). The maximum atomic E-state index is 5.26. The Morgan fingerprint density at radius 2 is 1.07 bits per heavy atom. The van der Waals surface area contributed by atoms with Crippen LogP contribution in [0.25, 0.3) is 0 Å². The highest BCUT2D eigenvalue weighted by molar-refractivity contribution is 4.85. The second kappa shape index (κ2) is 5.99. The Morgan fingerprint density at radius 1 is 0.733 bits per heavy atom. The summed E-state index contributed by atoms with van der Waals surface area (Å²) in [4.78, 5) is 0. The number of ether oxygens (including phenoxy) is 1. The molecule has 0 aliphatic heterocycles. The molecular formula is C14H26O. The van der Waals surface area contributed by atoms with Gasteiger partial charge in [-0.25, -0.2) is 0 Å². The molecule has 0 saturated heterocycles. The van der Waals surface area contributed by atoms with Crippen molar-refractivity contribution < 1.29 is 4.74 Å². The van der Waals surface area contributed by atoms with Gasteiger partial charge in [-0.05, 0) is 35.8 Å². The van der Waals surface area contributed by atoms with Crippen molar-refractivity contribution in [1.29, 1.82) is 0 Å². The molecule has 0 saturated carbocycles. The fourth-order valence-electron chi connectivity index (χ4n) is 0.960. The van der Waals surface area contributed by atoms with E-state index < -0.39 is 0 Å². The van der Waals surface area contributed by atoms with E-state index in [0.717, 1.165) is 12.8 Å². The molecule has 0 radical (unpaired) electrons. The molecule has 0 spiro atoms. The lowest BCUT2D eigenvalue weighted by Crippen LogP contribution is -2.02. The van der Waals surface area contributed by atoms with Gasteiger partial charge in [0.1, 0.15) is 0 Å². The lowest BCUT2D eigenvalue weighted by molar-refractivity contribution is 0.372. The summed E-state index contributed by atoms with van der Waals surface area (Å²) in [5, 5.41) is 0. The number of rotatable bonds is 4. The van der Waals surface area contributed by atoms with Crippen LogP contribution in [0.15, 0.2) is 24.7 Å². The van der Waals surface area contributed by atoms with Crippen LogP contribution < -0.4 is 0 Å². The van der Waals surface area contributed by atoms with Gasteiger partial charge in [-0.3, -0.25) is 0 Å². The van der Waals surface area contributed by atoms with Crippen molar-refractivity contribution in [3.63, 3.8) is 0 Å². The van der Waals surface area contributed by atoms with Gasteiger partial charge >= 0.3 is 0 Å². The SMILES string of the molecule is CC(C)(C)CC=COC=CCC(C)(C)C. The molecule has 0 aliphatic rings. The fraction of sp³-hybridized carbons (Fsp3) is 0.714. The Balaban J connectivity index is 3.62. The van der Waals surface area contributed by atoms with Gasteiger partial charge in [-0.15, -0.1) is 0 Å². The Hall–Kier alpha value is -0.720. The van der Waals surface area contributed by atoms with E-state index in [1.54, 1.807) is 12.5 Å². The summed E-state index contributed by atoms with van der Waals surface area (Å²) in [5.41, 5.74) is 0.684. The minimum atomic E-state index is 0.342. The monoisotopic (exact) mass is 210 g/mol. The van der Waals surface area contributed by atoms with Crippen LogP contribution in [-0.4, -0.2) is 0 Å². The summed E-state index contributed by atoms with van der Waals surface area (Å²) in [6.07, 6.45) is 9.76. The first-order valence-corrected chi connectivity index (χ1v) is 5.66. The smallest absolute Gasteiger partial charge is 0.0861 e. The largest absolute Gasteiger partial charge is 0.473 e. The third-order valence-corrected chi connectivity index (χ3v) is 1.81. The average Bonchev–Trinajstić information content (AvgIpc) is 1.98. The summed E-state index contributed by atoms with van der Waals surface area (Å²) in [6, 6.07) is 0. The van der Waals surface area contributed by atoms with E-state index in [1.807, 2.05) is 0 Å².